The first-order valence-corrected chi connectivity index (χ1v) is 12.2. The van der Waals surface area contributed by atoms with Crippen LogP contribution in [0.15, 0.2) is 0 Å². The van der Waals surface area contributed by atoms with Crippen LogP contribution in [0.2, 0.25) is 0 Å². The van der Waals surface area contributed by atoms with Gasteiger partial charge in [-0.1, -0.05) is 96.8 Å². The molecule has 0 heterocycles. The van der Waals surface area contributed by atoms with Crippen molar-refractivity contribution in [2.45, 2.75) is 128 Å². The molecule has 2 N–H and O–H groups in total. The van der Waals surface area contributed by atoms with Crippen molar-refractivity contribution in [1.29, 1.82) is 0 Å². The van der Waals surface area contributed by atoms with Crippen molar-refractivity contribution in [3.63, 3.8) is 0 Å². The molecule has 26 heavy (non-hydrogen) atoms. The van der Waals surface area contributed by atoms with Gasteiger partial charge in [0, 0.05) is 5.54 Å². The normalized spacial score (nSPS) is 27.5. The van der Waals surface area contributed by atoms with E-state index in [1.807, 2.05) is 0 Å². The SMILES string of the molecule is CCCCCCCCCCCCCCCCN[C@@]1(CO)C[C@H]2CC[C@@H]1C2. The second-order valence-corrected chi connectivity index (χ2v) is 9.42. The molecule has 0 aromatic heterocycles. The van der Waals surface area contributed by atoms with Crippen LogP contribution < -0.4 is 5.32 Å². The Morgan fingerprint density at radius 1 is 0.769 bits per heavy atom. The van der Waals surface area contributed by atoms with Crippen LogP contribution in [0.5, 0.6) is 0 Å². The number of fused-ring (bicyclic) bond motifs is 2. The van der Waals surface area contributed by atoms with Gasteiger partial charge in [-0.25, -0.2) is 0 Å². The summed E-state index contributed by atoms with van der Waals surface area (Å²) in [5, 5.41) is 13.7. The standard InChI is InChI=1S/C24H47NO/c1-2-3-4-5-6-7-8-9-10-11-12-13-14-15-18-25-24(21-26)20-22-16-17-23(24)19-22/h22-23,25-26H,2-21H2,1H3/t22-,23+,24+/m0/s1. The summed E-state index contributed by atoms with van der Waals surface area (Å²) in [4.78, 5) is 0. The van der Waals surface area contributed by atoms with Crippen molar-refractivity contribution in [2.75, 3.05) is 13.2 Å². The van der Waals surface area contributed by atoms with Gasteiger partial charge in [-0.15, -0.1) is 0 Å². The summed E-state index contributed by atoms with van der Waals surface area (Å²) in [6.07, 6.45) is 25.2. The van der Waals surface area contributed by atoms with Crippen molar-refractivity contribution < 1.29 is 5.11 Å². The molecular weight excluding hydrogens is 318 g/mol. The molecule has 2 saturated carbocycles. The molecule has 3 atom stereocenters. The minimum Gasteiger partial charge on any atom is -0.394 e. The molecule has 2 rings (SSSR count). The third kappa shape index (κ3) is 7.50. The van der Waals surface area contributed by atoms with Crippen LogP contribution in [0.3, 0.4) is 0 Å². The molecule has 2 nitrogen and oxygen atoms in total. The Bertz CT molecular complexity index is 345. The van der Waals surface area contributed by atoms with E-state index in [0.717, 1.165) is 18.4 Å². The first-order chi connectivity index (χ1) is 12.8. The molecule has 0 aromatic carbocycles. The number of aliphatic hydroxyl groups is 1. The third-order valence-electron chi connectivity index (χ3n) is 7.27. The monoisotopic (exact) mass is 365 g/mol. The number of rotatable bonds is 17. The summed E-state index contributed by atoms with van der Waals surface area (Å²) >= 11 is 0. The fourth-order valence-corrected chi connectivity index (χ4v) is 5.57. The number of unbranched alkanes of at least 4 members (excludes halogenated alkanes) is 13. The predicted molar refractivity (Wildman–Crippen MR) is 114 cm³/mol. The van der Waals surface area contributed by atoms with Crippen LogP contribution in [-0.4, -0.2) is 23.8 Å². The topological polar surface area (TPSA) is 32.3 Å². The van der Waals surface area contributed by atoms with Gasteiger partial charge in [0.2, 0.25) is 0 Å². The molecule has 0 aromatic rings. The average molecular weight is 366 g/mol. The van der Waals surface area contributed by atoms with E-state index in [1.54, 1.807) is 0 Å². The highest BCUT2D eigenvalue weighted by Gasteiger charge is 2.50. The minimum atomic E-state index is 0.0967. The Kier molecular flexibility index (Phi) is 11.2. The lowest BCUT2D eigenvalue weighted by Crippen LogP contribution is -2.52. The Hall–Kier alpha value is -0.0800. The van der Waals surface area contributed by atoms with E-state index in [0.29, 0.717) is 6.61 Å². The highest BCUT2D eigenvalue weighted by Crippen LogP contribution is 2.50. The zero-order valence-corrected chi connectivity index (χ0v) is 17.7. The van der Waals surface area contributed by atoms with Gasteiger partial charge in [0.1, 0.15) is 0 Å². The van der Waals surface area contributed by atoms with Crippen LogP contribution in [0.1, 0.15) is 122 Å². The van der Waals surface area contributed by atoms with E-state index in [-0.39, 0.29) is 5.54 Å². The quantitative estimate of drug-likeness (QED) is 0.284. The Morgan fingerprint density at radius 3 is 1.73 bits per heavy atom. The molecule has 2 fully saturated rings. The second-order valence-electron chi connectivity index (χ2n) is 9.42. The maximum absolute atomic E-state index is 9.89. The van der Waals surface area contributed by atoms with Gasteiger partial charge in [0.15, 0.2) is 0 Å². The van der Waals surface area contributed by atoms with E-state index in [2.05, 4.69) is 12.2 Å². The van der Waals surface area contributed by atoms with E-state index in [9.17, 15) is 5.11 Å². The summed E-state index contributed by atoms with van der Waals surface area (Å²) < 4.78 is 0. The first kappa shape index (κ1) is 22.2. The number of nitrogens with one attached hydrogen (secondary N) is 1. The van der Waals surface area contributed by atoms with Gasteiger partial charge in [-0.2, -0.15) is 0 Å². The molecule has 2 heteroatoms. The minimum absolute atomic E-state index is 0.0967. The van der Waals surface area contributed by atoms with Crippen molar-refractivity contribution in [2.24, 2.45) is 11.8 Å². The predicted octanol–water partition coefficient (Wildman–Crippen LogP) is 6.61. The van der Waals surface area contributed by atoms with Crippen molar-refractivity contribution >= 4 is 0 Å². The Labute approximate surface area is 163 Å². The molecule has 0 aliphatic heterocycles. The van der Waals surface area contributed by atoms with Crippen LogP contribution >= 0.6 is 0 Å². The van der Waals surface area contributed by atoms with Crippen molar-refractivity contribution in [3.8, 4) is 0 Å². The van der Waals surface area contributed by atoms with Crippen LogP contribution in [0, 0.1) is 11.8 Å². The molecule has 154 valence electrons. The molecule has 0 amide bonds. The van der Waals surface area contributed by atoms with Gasteiger partial charge < -0.3 is 10.4 Å². The number of hydrogen-bond acceptors (Lipinski definition) is 2. The van der Waals surface area contributed by atoms with Crippen molar-refractivity contribution in [1.82, 2.24) is 5.32 Å². The Balaban J connectivity index is 1.32. The number of hydrogen-bond donors (Lipinski definition) is 2. The van der Waals surface area contributed by atoms with Crippen molar-refractivity contribution in [3.05, 3.63) is 0 Å². The molecule has 2 aliphatic carbocycles. The molecule has 0 radical (unpaired) electrons. The largest absolute Gasteiger partial charge is 0.394 e. The van der Waals surface area contributed by atoms with Crippen LogP contribution in [0.25, 0.3) is 0 Å². The molecule has 0 spiro atoms. The summed E-state index contributed by atoms with van der Waals surface area (Å²) in [6.45, 7) is 3.76. The number of aliphatic hydroxyl groups excluding tert-OH is 1. The summed E-state index contributed by atoms with van der Waals surface area (Å²) in [5.74, 6) is 1.65. The lowest BCUT2D eigenvalue weighted by Gasteiger charge is -2.37. The summed E-state index contributed by atoms with van der Waals surface area (Å²) in [5.41, 5.74) is 0.0967. The molecule has 0 saturated heterocycles. The smallest absolute Gasteiger partial charge is 0.0616 e. The van der Waals surface area contributed by atoms with Gasteiger partial charge in [-0.05, 0) is 44.1 Å². The average Bonchev–Trinajstić information content (AvgIpc) is 3.26. The van der Waals surface area contributed by atoms with Gasteiger partial charge >= 0.3 is 0 Å². The summed E-state index contributed by atoms with van der Waals surface area (Å²) in [7, 11) is 0. The maximum Gasteiger partial charge on any atom is 0.0616 e. The molecule has 2 bridgehead atoms. The fourth-order valence-electron chi connectivity index (χ4n) is 5.57. The van der Waals surface area contributed by atoms with Crippen LogP contribution in [-0.2, 0) is 0 Å². The lowest BCUT2D eigenvalue weighted by atomic mass is 9.81. The zero-order valence-electron chi connectivity index (χ0n) is 17.7. The van der Waals surface area contributed by atoms with E-state index < -0.39 is 0 Å². The fraction of sp³-hybridized carbons (Fsp3) is 1.00. The van der Waals surface area contributed by atoms with Crippen LogP contribution in [0.4, 0.5) is 0 Å². The summed E-state index contributed by atoms with van der Waals surface area (Å²) in [6, 6.07) is 0. The third-order valence-corrected chi connectivity index (χ3v) is 7.27. The molecular formula is C24H47NO. The van der Waals surface area contributed by atoms with Gasteiger partial charge in [0.05, 0.1) is 6.61 Å². The molecule has 0 unspecified atom stereocenters. The molecule has 2 aliphatic rings. The Morgan fingerprint density at radius 2 is 1.31 bits per heavy atom. The lowest BCUT2D eigenvalue weighted by molar-refractivity contribution is 0.106. The first-order valence-electron chi connectivity index (χ1n) is 12.2. The zero-order chi connectivity index (χ0) is 18.5. The van der Waals surface area contributed by atoms with E-state index in [4.69, 9.17) is 0 Å². The highest BCUT2D eigenvalue weighted by molar-refractivity contribution is 5.06. The maximum atomic E-state index is 9.89. The van der Waals surface area contributed by atoms with Gasteiger partial charge in [-0.3, -0.25) is 0 Å². The van der Waals surface area contributed by atoms with E-state index in [1.165, 1.54) is 116 Å². The van der Waals surface area contributed by atoms with E-state index >= 15 is 0 Å². The van der Waals surface area contributed by atoms with Gasteiger partial charge in [0.25, 0.3) is 0 Å². The highest BCUT2D eigenvalue weighted by atomic mass is 16.3. The second kappa shape index (κ2) is 13.2.